The second-order valence-corrected chi connectivity index (χ2v) is 9.02. The van der Waals surface area contributed by atoms with Gasteiger partial charge in [-0.05, 0) is 66.1 Å². The number of pyridine rings is 1. The van der Waals surface area contributed by atoms with Crippen molar-refractivity contribution >= 4 is 0 Å². The average molecular weight is 387 g/mol. The number of hydrogen-bond donors (Lipinski definition) is 0. The van der Waals surface area contributed by atoms with Gasteiger partial charge in [0.1, 0.15) is 0 Å². The van der Waals surface area contributed by atoms with E-state index in [1.165, 1.54) is 22.3 Å². The Hall–Kier alpha value is -2.45. The molecule has 1 heterocycles. The molecule has 1 aromatic heterocycles. The van der Waals surface area contributed by atoms with Gasteiger partial charge in [-0.25, -0.2) is 0 Å². The minimum Gasteiger partial charge on any atom is -0.293 e. The highest BCUT2D eigenvalue weighted by atomic mass is 15.1. The predicted octanol–water partition coefficient (Wildman–Crippen LogP) is 6.32. The summed E-state index contributed by atoms with van der Waals surface area (Å²) >= 11 is 0. The molecule has 0 atom stereocenters. The van der Waals surface area contributed by atoms with Crippen LogP contribution in [0.25, 0.3) is 0 Å². The SMILES string of the molecule is Cc1ccc(CCCN(Cc2ccccc2)Cc2ccccn2)cc1C(C)(C)C. The van der Waals surface area contributed by atoms with E-state index in [4.69, 9.17) is 0 Å². The lowest BCUT2D eigenvalue weighted by Gasteiger charge is -2.24. The van der Waals surface area contributed by atoms with Crippen LogP contribution in [-0.4, -0.2) is 16.4 Å². The lowest BCUT2D eigenvalue weighted by atomic mass is 9.83. The van der Waals surface area contributed by atoms with E-state index in [0.717, 1.165) is 38.2 Å². The van der Waals surface area contributed by atoms with Crippen molar-refractivity contribution in [2.75, 3.05) is 6.54 Å². The standard InChI is InChI=1S/C27H34N2/c1-22-15-16-23(19-26(22)27(2,3)4)13-10-18-29(20-24-11-6-5-7-12-24)21-25-14-8-9-17-28-25/h5-9,11-12,14-17,19H,10,13,18,20-21H2,1-4H3. The smallest absolute Gasteiger partial charge is 0.0544 e. The molecule has 0 aliphatic carbocycles. The highest BCUT2D eigenvalue weighted by molar-refractivity contribution is 5.36. The molecule has 29 heavy (non-hydrogen) atoms. The van der Waals surface area contributed by atoms with Gasteiger partial charge in [-0.3, -0.25) is 9.88 Å². The van der Waals surface area contributed by atoms with Crippen LogP contribution in [0.5, 0.6) is 0 Å². The summed E-state index contributed by atoms with van der Waals surface area (Å²) in [6.45, 7) is 12.0. The monoisotopic (exact) mass is 386 g/mol. The van der Waals surface area contributed by atoms with Crippen LogP contribution in [-0.2, 0) is 24.9 Å². The Morgan fingerprint density at radius 2 is 1.59 bits per heavy atom. The highest BCUT2D eigenvalue weighted by Gasteiger charge is 2.16. The largest absolute Gasteiger partial charge is 0.293 e. The zero-order chi connectivity index (χ0) is 20.7. The molecule has 0 bridgehead atoms. The van der Waals surface area contributed by atoms with Gasteiger partial charge in [0.2, 0.25) is 0 Å². The second kappa shape index (κ2) is 9.84. The van der Waals surface area contributed by atoms with Crippen LogP contribution in [0.15, 0.2) is 72.9 Å². The fourth-order valence-corrected chi connectivity index (χ4v) is 3.92. The van der Waals surface area contributed by atoms with Crippen LogP contribution in [0.4, 0.5) is 0 Å². The third kappa shape index (κ3) is 6.54. The first kappa shape index (κ1) is 21.3. The molecule has 0 N–H and O–H groups in total. The molecule has 0 radical (unpaired) electrons. The fraction of sp³-hybridized carbons (Fsp3) is 0.370. The lowest BCUT2D eigenvalue weighted by molar-refractivity contribution is 0.250. The van der Waals surface area contributed by atoms with Gasteiger partial charge in [-0.15, -0.1) is 0 Å². The first-order valence-electron chi connectivity index (χ1n) is 10.7. The summed E-state index contributed by atoms with van der Waals surface area (Å²) in [6, 6.07) is 23.9. The van der Waals surface area contributed by atoms with Gasteiger partial charge in [0.05, 0.1) is 5.69 Å². The third-order valence-corrected chi connectivity index (χ3v) is 5.41. The molecule has 2 aromatic carbocycles. The first-order chi connectivity index (χ1) is 13.9. The first-order valence-corrected chi connectivity index (χ1v) is 10.7. The molecular weight excluding hydrogens is 352 g/mol. The van der Waals surface area contributed by atoms with E-state index < -0.39 is 0 Å². The average Bonchev–Trinajstić information content (AvgIpc) is 2.70. The summed E-state index contributed by atoms with van der Waals surface area (Å²) in [4.78, 5) is 7.04. The molecule has 0 aliphatic rings. The van der Waals surface area contributed by atoms with Gasteiger partial charge >= 0.3 is 0 Å². The Bertz CT molecular complexity index is 838. The number of aromatic nitrogens is 1. The molecule has 3 aromatic rings. The van der Waals surface area contributed by atoms with E-state index >= 15 is 0 Å². The van der Waals surface area contributed by atoms with Gasteiger partial charge in [0, 0.05) is 19.3 Å². The van der Waals surface area contributed by atoms with Crippen molar-refractivity contribution in [2.24, 2.45) is 0 Å². The second-order valence-electron chi connectivity index (χ2n) is 9.02. The lowest BCUT2D eigenvalue weighted by Crippen LogP contribution is -2.25. The van der Waals surface area contributed by atoms with Gasteiger partial charge in [0.25, 0.3) is 0 Å². The Morgan fingerprint density at radius 3 is 2.28 bits per heavy atom. The number of hydrogen-bond acceptors (Lipinski definition) is 2. The molecule has 2 heteroatoms. The minimum atomic E-state index is 0.193. The quantitative estimate of drug-likeness (QED) is 0.450. The van der Waals surface area contributed by atoms with Crippen molar-refractivity contribution in [3.8, 4) is 0 Å². The third-order valence-electron chi connectivity index (χ3n) is 5.41. The Labute approximate surface area is 176 Å². The van der Waals surface area contributed by atoms with Gasteiger partial charge in [-0.1, -0.05) is 75.4 Å². The van der Waals surface area contributed by atoms with Crippen molar-refractivity contribution < 1.29 is 0 Å². The zero-order valence-electron chi connectivity index (χ0n) is 18.4. The van der Waals surface area contributed by atoms with Crippen LogP contribution in [0.2, 0.25) is 0 Å². The molecule has 0 saturated heterocycles. The Balaban J connectivity index is 1.65. The molecular formula is C27H34N2. The summed E-state index contributed by atoms with van der Waals surface area (Å²) < 4.78 is 0. The number of nitrogens with zero attached hydrogens (tertiary/aromatic N) is 2. The van der Waals surface area contributed by atoms with Crippen LogP contribution in [0.1, 0.15) is 55.1 Å². The number of aryl methyl sites for hydroxylation is 2. The van der Waals surface area contributed by atoms with Crippen molar-refractivity contribution in [1.29, 1.82) is 0 Å². The van der Waals surface area contributed by atoms with E-state index in [1.807, 2.05) is 12.3 Å². The minimum absolute atomic E-state index is 0.193. The Kier molecular flexibility index (Phi) is 7.22. The predicted molar refractivity (Wildman–Crippen MR) is 123 cm³/mol. The molecule has 3 rings (SSSR count). The number of rotatable bonds is 8. The van der Waals surface area contributed by atoms with Crippen LogP contribution < -0.4 is 0 Å². The molecule has 0 amide bonds. The van der Waals surface area contributed by atoms with Crippen molar-refractivity contribution in [1.82, 2.24) is 9.88 Å². The van der Waals surface area contributed by atoms with E-state index in [1.54, 1.807) is 0 Å². The van der Waals surface area contributed by atoms with E-state index in [9.17, 15) is 0 Å². The van der Waals surface area contributed by atoms with Crippen molar-refractivity contribution in [2.45, 2.75) is 59.0 Å². The highest BCUT2D eigenvalue weighted by Crippen LogP contribution is 2.27. The maximum absolute atomic E-state index is 4.53. The van der Waals surface area contributed by atoms with Crippen LogP contribution in [0.3, 0.4) is 0 Å². The topological polar surface area (TPSA) is 16.1 Å². The zero-order valence-corrected chi connectivity index (χ0v) is 18.4. The van der Waals surface area contributed by atoms with Crippen LogP contribution >= 0.6 is 0 Å². The fourth-order valence-electron chi connectivity index (χ4n) is 3.92. The summed E-state index contributed by atoms with van der Waals surface area (Å²) in [5, 5.41) is 0. The van der Waals surface area contributed by atoms with E-state index in [2.05, 4.69) is 98.2 Å². The van der Waals surface area contributed by atoms with Crippen LogP contribution in [0, 0.1) is 6.92 Å². The maximum Gasteiger partial charge on any atom is 0.0544 e. The number of benzene rings is 2. The summed E-state index contributed by atoms with van der Waals surface area (Å²) in [6.07, 6.45) is 4.14. The summed E-state index contributed by atoms with van der Waals surface area (Å²) in [7, 11) is 0. The van der Waals surface area contributed by atoms with E-state index in [0.29, 0.717) is 0 Å². The summed E-state index contributed by atoms with van der Waals surface area (Å²) in [5.41, 5.74) is 6.98. The van der Waals surface area contributed by atoms with E-state index in [-0.39, 0.29) is 5.41 Å². The Morgan fingerprint density at radius 1 is 0.828 bits per heavy atom. The molecule has 0 aliphatic heterocycles. The van der Waals surface area contributed by atoms with Gasteiger partial charge < -0.3 is 0 Å². The molecule has 152 valence electrons. The molecule has 0 fully saturated rings. The molecule has 2 nitrogen and oxygen atoms in total. The van der Waals surface area contributed by atoms with Crippen molar-refractivity contribution in [3.05, 3.63) is 101 Å². The van der Waals surface area contributed by atoms with Crippen molar-refractivity contribution in [3.63, 3.8) is 0 Å². The van der Waals surface area contributed by atoms with Gasteiger partial charge in [-0.2, -0.15) is 0 Å². The normalized spacial score (nSPS) is 11.8. The summed E-state index contributed by atoms with van der Waals surface area (Å²) in [5.74, 6) is 0. The molecule has 0 unspecified atom stereocenters. The van der Waals surface area contributed by atoms with Gasteiger partial charge in [0.15, 0.2) is 0 Å². The maximum atomic E-state index is 4.53. The molecule has 0 saturated carbocycles. The molecule has 0 spiro atoms.